The summed E-state index contributed by atoms with van der Waals surface area (Å²) in [4.78, 5) is 2.49. The predicted molar refractivity (Wildman–Crippen MR) is 56.9 cm³/mol. The van der Waals surface area contributed by atoms with E-state index in [0.717, 1.165) is 24.8 Å². The normalized spacial score (nSPS) is 12.0. The molecule has 0 aliphatic carbocycles. The van der Waals surface area contributed by atoms with E-state index in [1.807, 2.05) is 0 Å². The fraction of sp³-hybridized carbons (Fsp3) is 1.00. The van der Waals surface area contributed by atoms with Crippen LogP contribution in [0.4, 0.5) is 0 Å². The molecular weight excluding hydrogens is 170 g/mol. The zero-order valence-electron chi connectivity index (χ0n) is 8.81. The lowest BCUT2D eigenvalue weighted by molar-refractivity contribution is 0.198. The first kappa shape index (κ1) is 12.2. The molecule has 0 atom stereocenters. The highest BCUT2D eigenvalue weighted by Gasteiger charge is 2.09. The molecule has 0 N–H and O–H groups in total. The Labute approximate surface area is 82.1 Å². The molecular formula is C10H22ClN. The van der Waals surface area contributed by atoms with Gasteiger partial charge in [0.1, 0.15) is 0 Å². The summed E-state index contributed by atoms with van der Waals surface area (Å²) in [5, 5.41) is 0. The van der Waals surface area contributed by atoms with Gasteiger partial charge >= 0.3 is 0 Å². The van der Waals surface area contributed by atoms with Crippen LogP contribution in [0.2, 0.25) is 0 Å². The van der Waals surface area contributed by atoms with Gasteiger partial charge in [0.2, 0.25) is 0 Å². The predicted octanol–water partition coefficient (Wildman–Crippen LogP) is 2.98. The van der Waals surface area contributed by atoms with Gasteiger partial charge in [0.05, 0.1) is 0 Å². The van der Waals surface area contributed by atoms with Gasteiger partial charge in [-0.15, -0.1) is 11.6 Å². The lowest BCUT2D eigenvalue weighted by atomic mass is 10.1. The maximum absolute atomic E-state index is 5.66. The first-order chi connectivity index (χ1) is 5.57. The molecule has 0 unspecified atom stereocenters. The van der Waals surface area contributed by atoms with E-state index in [-0.39, 0.29) is 0 Å². The number of halogens is 1. The van der Waals surface area contributed by atoms with E-state index >= 15 is 0 Å². The van der Waals surface area contributed by atoms with Gasteiger partial charge < -0.3 is 4.90 Å². The molecule has 0 saturated carbocycles. The maximum Gasteiger partial charge on any atom is 0.0235 e. The van der Waals surface area contributed by atoms with E-state index in [4.69, 9.17) is 11.6 Å². The zero-order valence-corrected chi connectivity index (χ0v) is 9.56. The number of alkyl halides is 1. The zero-order chi connectivity index (χ0) is 9.56. The summed E-state index contributed by atoms with van der Waals surface area (Å²) in [6.45, 7) is 11.3. The first-order valence-electron chi connectivity index (χ1n) is 4.88. The van der Waals surface area contributed by atoms with Crippen LogP contribution >= 0.6 is 11.6 Å². The Balaban J connectivity index is 3.70. The van der Waals surface area contributed by atoms with Crippen molar-refractivity contribution in [2.24, 2.45) is 5.92 Å². The van der Waals surface area contributed by atoms with Crippen molar-refractivity contribution in [2.75, 3.05) is 19.0 Å². The summed E-state index contributed by atoms with van der Waals surface area (Å²) in [5.41, 5.74) is 0. The van der Waals surface area contributed by atoms with E-state index in [2.05, 4.69) is 32.6 Å². The second kappa shape index (κ2) is 6.73. The van der Waals surface area contributed by atoms with E-state index < -0.39 is 0 Å². The van der Waals surface area contributed by atoms with Crippen LogP contribution in [-0.4, -0.2) is 29.9 Å². The van der Waals surface area contributed by atoms with Crippen molar-refractivity contribution in [2.45, 2.75) is 40.2 Å². The van der Waals surface area contributed by atoms with Crippen molar-refractivity contribution in [1.82, 2.24) is 4.90 Å². The molecule has 0 aromatic heterocycles. The van der Waals surface area contributed by atoms with Gasteiger partial charge in [-0.05, 0) is 32.7 Å². The third-order valence-corrected chi connectivity index (χ3v) is 2.18. The Bertz CT molecular complexity index is 102. The Morgan fingerprint density at radius 1 is 1.17 bits per heavy atom. The Kier molecular flexibility index (Phi) is 6.87. The highest BCUT2D eigenvalue weighted by molar-refractivity contribution is 6.17. The Morgan fingerprint density at radius 2 is 1.75 bits per heavy atom. The summed E-state index contributed by atoms with van der Waals surface area (Å²) in [7, 11) is 0. The minimum atomic E-state index is 0.649. The van der Waals surface area contributed by atoms with Gasteiger partial charge in [-0.3, -0.25) is 0 Å². The molecule has 2 heteroatoms. The quantitative estimate of drug-likeness (QED) is 0.584. The molecule has 0 spiro atoms. The molecule has 0 aromatic carbocycles. The monoisotopic (exact) mass is 191 g/mol. The van der Waals surface area contributed by atoms with Crippen molar-refractivity contribution in [1.29, 1.82) is 0 Å². The van der Waals surface area contributed by atoms with Crippen LogP contribution in [0.25, 0.3) is 0 Å². The first-order valence-corrected chi connectivity index (χ1v) is 5.41. The van der Waals surface area contributed by atoms with Crippen LogP contribution in [0.5, 0.6) is 0 Å². The molecule has 0 rings (SSSR count). The lowest BCUT2D eigenvalue weighted by Gasteiger charge is -2.27. The second-order valence-corrected chi connectivity index (χ2v) is 4.40. The van der Waals surface area contributed by atoms with Gasteiger partial charge in [0.15, 0.2) is 0 Å². The summed E-state index contributed by atoms with van der Waals surface area (Å²) in [6, 6.07) is 0.649. The third-order valence-electron chi connectivity index (χ3n) is 1.91. The molecule has 0 aliphatic rings. The number of hydrogen-bond donors (Lipinski definition) is 0. The SMILES string of the molecule is CC(C)CN(CCCCl)C(C)C. The maximum atomic E-state index is 5.66. The molecule has 0 saturated heterocycles. The second-order valence-electron chi connectivity index (χ2n) is 4.03. The van der Waals surface area contributed by atoms with Crippen LogP contribution in [0, 0.1) is 5.92 Å². The van der Waals surface area contributed by atoms with Crippen molar-refractivity contribution in [3.63, 3.8) is 0 Å². The molecule has 12 heavy (non-hydrogen) atoms. The third kappa shape index (κ3) is 5.84. The fourth-order valence-corrected chi connectivity index (χ4v) is 1.41. The van der Waals surface area contributed by atoms with E-state index in [1.54, 1.807) is 0 Å². The van der Waals surface area contributed by atoms with Gasteiger partial charge in [0.25, 0.3) is 0 Å². The summed E-state index contributed by atoms with van der Waals surface area (Å²) in [6.07, 6.45) is 1.10. The van der Waals surface area contributed by atoms with Crippen LogP contribution in [-0.2, 0) is 0 Å². The topological polar surface area (TPSA) is 3.24 Å². The highest BCUT2D eigenvalue weighted by atomic mass is 35.5. The Hall–Kier alpha value is 0.250. The smallest absolute Gasteiger partial charge is 0.0235 e. The van der Waals surface area contributed by atoms with Crippen LogP contribution < -0.4 is 0 Å². The van der Waals surface area contributed by atoms with Crippen molar-refractivity contribution < 1.29 is 0 Å². The lowest BCUT2D eigenvalue weighted by Crippen LogP contribution is -2.35. The Morgan fingerprint density at radius 3 is 2.08 bits per heavy atom. The average molecular weight is 192 g/mol. The van der Waals surface area contributed by atoms with E-state index in [1.165, 1.54) is 6.54 Å². The number of rotatable bonds is 6. The molecule has 1 nitrogen and oxygen atoms in total. The highest BCUT2D eigenvalue weighted by Crippen LogP contribution is 2.05. The van der Waals surface area contributed by atoms with Gasteiger partial charge in [-0.1, -0.05) is 13.8 Å². The van der Waals surface area contributed by atoms with Gasteiger partial charge in [0, 0.05) is 18.5 Å². The van der Waals surface area contributed by atoms with Crippen molar-refractivity contribution in [3.05, 3.63) is 0 Å². The van der Waals surface area contributed by atoms with Crippen LogP contribution in [0.3, 0.4) is 0 Å². The van der Waals surface area contributed by atoms with Crippen molar-refractivity contribution >= 4 is 11.6 Å². The number of nitrogens with zero attached hydrogens (tertiary/aromatic N) is 1. The van der Waals surface area contributed by atoms with Crippen LogP contribution in [0.15, 0.2) is 0 Å². The molecule has 0 bridgehead atoms. The molecule has 0 heterocycles. The molecule has 74 valence electrons. The largest absolute Gasteiger partial charge is 0.301 e. The summed E-state index contributed by atoms with van der Waals surface area (Å²) in [5.74, 6) is 1.53. The molecule has 0 radical (unpaired) electrons. The fourth-order valence-electron chi connectivity index (χ4n) is 1.29. The minimum Gasteiger partial charge on any atom is -0.301 e. The average Bonchev–Trinajstić information content (AvgIpc) is 1.96. The molecule has 0 fully saturated rings. The van der Waals surface area contributed by atoms with E-state index in [9.17, 15) is 0 Å². The number of hydrogen-bond acceptors (Lipinski definition) is 1. The minimum absolute atomic E-state index is 0.649. The van der Waals surface area contributed by atoms with Crippen LogP contribution in [0.1, 0.15) is 34.1 Å². The standard InChI is InChI=1S/C10H22ClN/c1-9(2)8-12(10(3)4)7-5-6-11/h9-10H,5-8H2,1-4H3. The van der Waals surface area contributed by atoms with Gasteiger partial charge in [-0.25, -0.2) is 0 Å². The summed E-state index contributed by atoms with van der Waals surface area (Å²) >= 11 is 5.66. The molecule has 0 amide bonds. The van der Waals surface area contributed by atoms with E-state index in [0.29, 0.717) is 6.04 Å². The molecule has 0 aromatic rings. The summed E-state index contributed by atoms with van der Waals surface area (Å²) < 4.78 is 0. The molecule has 0 aliphatic heterocycles. The van der Waals surface area contributed by atoms with Gasteiger partial charge in [-0.2, -0.15) is 0 Å². The van der Waals surface area contributed by atoms with Crippen molar-refractivity contribution in [3.8, 4) is 0 Å².